The maximum atomic E-state index is 5.44. The Morgan fingerprint density at radius 1 is 0.848 bits per heavy atom. The fraction of sp³-hybridized carbons (Fsp3) is 0.167. The van der Waals surface area contributed by atoms with Gasteiger partial charge in [0.15, 0.2) is 11.5 Å². The minimum absolute atomic E-state index is 0.556. The van der Waals surface area contributed by atoms with Crippen LogP contribution in [0.3, 0.4) is 0 Å². The second kappa shape index (κ2) is 8.36. The molecule has 9 nitrogen and oxygen atoms in total. The monoisotopic (exact) mass is 438 g/mol. The molecule has 1 fully saturated rings. The maximum Gasteiger partial charge on any atom is 0.208 e. The van der Waals surface area contributed by atoms with Gasteiger partial charge in [-0.05, 0) is 35.7 Å². The maximum absolute atomic E-state index is 5.44. The molecule has 3 N–H and O–H groups in total. The summed E-state index contributed by atoms with van der Waals surface area (Å²) in [6.07, 6.45) is 3.29. The van der Waals surface area contributed by atoms with Gasteiger partial charge in [-0.2, -0.15) is 4.98 Å². The van der Waals surface area contributed by atoms with E-state index in [4.69, 9.17) is 4.74 Å². The highest BCUT2D eigenvalue weighted by Crippen LogP contribution is 2.27. The van der Waals surface area contributed by atoms with Gasteiger partial charge in [0.25, 0.3) is 0 Å². The second-order valence-electron chi connectivity index (χ2n) is 7.78. The number of benzene rings is 2. The average Bonchev–Trinajstić information content (AvgIpc) is 3.29. The van der Waals surface area contributed by atoms with Gasteiger partial charge in [-0.3, -0.25) is 0 Å². The first kappa shape index (κ1) is 19.4. The summed E-state index contributed by atoms with van der Waals surface area (Å²) in [5.41, 5.74) is 3.41. The number of rotatable bonds is 5. The lowest BCUT2D eigenvalue weighted by Gasteiger charge is -2.28. The number of nitrogens with one attached hydrogen (secondary N) is 3. The number of aromatic nitrogens is 5. The van der Waals surface area contributed by atoms with Crippen molar-refractivity contribution in [3.63, 3.8) is 0 Å². The van der Waals surface area contributed by atoms with Crippen LogP contribution >= 0.6 is 0 Å². The molecule has 33 heavy (non-hydrogen) atoms. The van der Waals surface area contributed by atoms with E-state index in [9.17, 15) is 0 Å². The summed E-state index contributed by atoms with van der Waals surface area (Å²) in [6.45, 7) is 3.36. The van der Waals surface area contributed by atoms with E-state index in [0.717, 1.165) is 54.1 Å². The van der Waals surface area contributed by atoms with Gasteiger partial charge < -0.3 is 25.3 Å². The van der Waals surface area contributed by atoms with Crippen molar-refractivity contribution in [1.29, 1.82) is 0 Å². The standard InChI is InChI=1S/C24H22N8O/c1-2-4-19-16(3-1)9-10-25-21(19)30-24-29-20-22(26-15-27-23(20)31-24)28-17-5-7-18(8-6-17)32-11-13-33-14-12-32/h1-10,15H,11-14H2,(H3,25,26,27,28,29,30,31). The average molecular weight is 438 g/mol. The van der Waals surface area contributed by atoms with Gasteiger partial charge in [0.1, 0.15) is 17.7 Å². The molecule has 2 aromatic carbocycles. The van der Waals surface area contributed by atoms with E-state index in [0.29, 0.717) is 17.4 Å². The number of fused-ring (bicyclic) bond motifs is 2. The molecule has 164 valence electrons. The van der Waals surface area contributed by atoms with Gasteiger partial charge in [-0.15, -0.1) is 0 Å². The van der Waals surface area contributed by atoms with Crippen molar-refractivity contribution < 1.29 is 4.74 Å². The lowest BCUT2D eigenvalue weighted by Crippen LogP contribution is -2.36. The van der Waals surface area contributed by atoms with Gasteiger partial charge in [0.2, 0.25) is 5.95 Å². The van der Waals surface area contributed by atoms with Crippen molar-refractivity contribution in [2.24, 2.45) is 0 Å². The highest BCUT2D eigenvalue weighted by molar-refractivity contribution is 5.93. The molecule has 0 atom stereocenters. The van der Waals surface area contributed by atoms with Crippen LogP contribution in [-0.2, 0) is 4.74 Å². The van der Waals surface area contributed by atoms with E-state index in [1.165, 1.54) is 12.0 Å². The SMILES string of the molecule is c1ccc2c(Nc3nc4ncnc(Nc5ccc(N6CCOCC6)cc5)c4[nH]3)nccc2c1. The highest BCUT2D eigenvalue weighted by atomic mass is 16.5. The van der Waals surface area contributed by atoms with Crippen LogP contribution in [-0.4, -0.2) is 51.2 Å². The molecule has 0 saturated carbocycles. The van der Waals surface area contributed by atoms with Crippen LogP contribution in [0.5, 0.6) is 0 Å². The van der Waals surface area contributed by atoms with Crippen LogP contribution in [0.25, 0.3) is 21.9 Å². The first-order chi connectivity index (χ1) is 16.3. The van der Waals surface area contributed by atoms with Crippen molar-refractivity contribution in [3.05, 3.63) is 67.1 Å². The van der Waals surface area contributed by atoms with Crippen LogP contribution < -0.4 is 15.5 Å². The summed E-state index contributed by atoms with van der Waals surface area (Å²) >= 11 is 0. The molecule has 4 heterocycles. The molecule has 6 rings (SSSR count). The number of H-pyrrole nitrogens is 1. The predicted octanol–water partition coefficient (Wildman–Crippen LogP) is 4.22. The van der Waals surface area contributed by atoms with Gasteiger partial charge in [0, 0.05) is 36.0 Å². The summed E-state index contributed by atoms with van der Waals surface area (Å²) in [5, 5.41) is 8.78. The summed E-state index contributed by atoms with van der Waals surface area (Å²) in [6, 6.07) is 18.4. The second-order valence-corrected chi connectivity index (χ2v) is 7.78. The lowest BCUT2D eigenvalue weighted by molar-refractivity contribution is 0.122. The molecule has 3 aromatic heterocycles. The van der Waals surface area contributed by atoms with Crippen LogP contribution in [0.4, 0.5) is 29.0 Å². The van der Waals surface area contributed by atoms with Gasteiger partial charge >= 0.3 is 0 Å². The molecule has 0 radical (unpaired) electrons. The molecule has 9 heteroatoms. The topological polar surface area (TPSA) is 104 Å². The third-order valence-corrected chi connectivity index (χ3v) is 5.71. The highest BCUT2D eigenvalue weighted by Gasteiger charge is 2.13. The Hall–Kier alpha value is -4.24. The molecule has 0 amide bonds. The zero-order chi connectivity index (χ0) is 22.0. The molecular formula is C24H22N8O. The predicted molar refractivity (Wildman–Crippen MR) is 129 cm³/mol. The van der Waals surface area contributed by atoms with Crippen molar-refractivity contribution in [2.75, 3.05) is 41.8 Å². The van der Waals surface area contributed by atoms with Crippen LogP contribution in [0.1, 0.15) is 0 Å². The number of hydrogen-bond donors (Lipinski definition) is 3. The molecule has 5 aromatic rings. The normalized spacial score (nSPS) is 14.0. The number of anilines is 5. The Kier molecular flexibility index (Phi) is 4.93. The Morgan fingerprint density at radius 2 is 1.70 bits per heavy atom. The van der Waals surface area contributed by atoms with Gasteiger partial charge in [0.05, 0.1) is 13.2 Å². The van der Waals surface area contributed by atoms with E-state index in [1.54, 1.807) is 6.20 Å². The van der Waals surface area contributed by atoms with E-state index in [1.807, 2.05) is 36.4 Å². The molecule has 0 bridgehead atoms. The summed E-state index contributed by atoms with van der Waals surface area (Å²) in [5.74, 6) is 1.94. The number of pyridine rings is 1. The third-order valence-electron chi connectivity index (χ3n) is 5.71. The van der Waals surface area contributed by atoms with E-state index in [2.05, 4.69) is 58.7 Å². The third kappa shape index (κ3) is 3.90. The van der Waals surface area contributed by atoms with E-state index >= 15 is 0 Å². The minimum atomic E-state index is 0.556. The molecule has 0 unspecified atom stereocenters. The fourth-order valence-electron chi connectivity index (χ4n) is 4.03. The number of aromatic amines is 1. The Bertz CT molecular complexity index is 1400. The van der Waals surface area contributed by atoms with Crippen LogP contribution in [0.15, 0.2) is 67.1 Å². The van der Waals surface area contributed by atoms with E-state index < -0.39 is 0 Å². The summed E-state index contributed by atoms with van der Waals surface area (Å²) < 4.78 is 5.44. The molecule has 1 aliphatic rings. The Balaban J connectivity index is 1.25. The zero-order valence-electron chi connectivity index (χ0n) is 17.8. The van der Waals surface area contributed by atoms with Crippen molar-refractivity contribution in [2.45, 2.75) is 0 Å². The van der Waals surface area contributed by atoms with Crippen molar-refractivity contribution in [3.8, 4) is 0 Å². The number of morpholine rings is 1. The first-order valence-corrected chi connectivity index (χ1v) is 10.8. The van der Waals surface area contributed by atoms with E-state index in [-0.39, 0.29) is 0 Å². The lowest BCUT2D eigenvalue weighted by atomic mass is 10.1. The van der Waals surface area contributed by atoms with Crippen LogP contribution in [0, 0.1) is 0 Å². The molecule has 1 aliphatic heterocycles. The molecule has 0 spiro atoms. The van der Waals surface area contributed by atoms with Gasteiger partial charge in [-0.25, -0.2) is 15.0 Å². The Labute approximate surface area is 189 Å². The Morgan fingerprint density at radius 3 is 2.58 bits per heavy atom. The molecular weight excluding hydrogens is 416 g/mol. The zero-order valence-corrected chi connectivity index (χ0v) is 17.8. The number of hydrogen-bond acceptors (Lipinski definition) is 8. The largest absolute Gasteiger partial charge is 0.378 e. The van der Waals surface area contributed by atoms with Crippen LogP contribution in [0.2, 0.25) is 0 Å². The summed E-state index contributed by atoms with van der Waals surface area (Å²) in [7, 11) is 0. The summed E-state index contributed by atoms with van der Waals surface area (Å²) in [4.78, 5) is 23.4. The number of ether oxygens (including phenoxy) is 1. The molecule has 0 aliphatic carbocycles. The smallest absolute Gasteiger partial charge is 0.208 e. The first-order valence-electron chi connectivity index (χ1n) is 10.8. The van der Waals surface area contributed by atoms with Gasteiger partial charge in [-0.1, -0.05) is 24.3 Å². The quantitative estimate of drug-likeness (QED) is 0.375. The number of nitrogens with zero attached hydrogens (tertiary/aromatic N) is 5. The number of imidazole rings is 1. The van der Waals surface area contributed by atoms with Crippen molar-refractivity contribution >= 4 is 50.9 Å². The van der Waals surface area contributed by atoms with Crippen molar-refractivity contribution in [1.82, 2.24) is 24.9 Å². The minimum Gasteiger partial charge on any atom is -0.378 e. The molecule has 1 saturated heterocycles. The fourth-order valence-corrected chi connectivity index (χ4v) is 4.03.